The highest BCUT2D eigenvalue weighted by molar-refractivity contribution is 6.04. The van der Waals surface area contributed by atoms with Crippen molar-refractivity contribution in [3.05, 3.63) is 65.6 Å². The summed E-state index contributed by atoms with van der Waals surface area (Å²) < 4.78 is 15.0. The number of pyridine rings is 1. The largest absolute Gasteiger partial charge is 0.466 e. The Kier molecular flexibility index (Phi) is 6.20. The third kappa shape index (κ3) is 4.41. The zero-order valence-corrected chi connectivity index (χ0v) is 15.9. The molecule has 1 aliphatic heterocycles. The third-order valence-corrected chi connectivity index (χ3v) is 4.15. The van der Waals surface area contributed by atoms with Gasteiger partial charge in [0.15, 0.2) is 0 Å². The van der Waals surface area contributed by atoms with Gasteiger partial charge in [-0.15, -0.1) is 0 Å². The van der Waals surface area contributed by atoms with Crippen LogP contribution in [-0.4, -0.2) is 50.4 Å². The molecule has 2 heterocycles. The van der Waals surface area contributed by atoms with Crippen molar-refractivity contribution in [3.8, 4) is 0 Å². The van der Waals surface area contributed by atoms with E-state index >= 15 is 0 Å². The van der Waals surface area contributed by atoms with Gasteiger partial charge in [-0.05, 0) is 30.3 Å². The van der Waals surface area contributed by atoms with Gasteiger partial charge in [0.05, 0.1) is 26.4 Å². The average Bonchev–Trinajstić information content (AvgIpc) is 2.78. The Labute approximate surface area is 166 Å². The topological polar surface area (TPSA) is 107 Å². The molecule has 1 amide bonds. The molecular formula is C20H19N3O6. The molecule has 0 saturated heterocycles. The first-order valence-electron chi connectivity index (χ1n) is 8.62. The number of hydrogen-bond donors (Lipinski definition) is 1. The summed E-state index contributed by atoms with van der Waals surface area (Å²) in [5.41, 5.74) is 1.34. The van der Waals surface area contributed by atoms with Crippen molar-refractivity contribution in [2.24, 2.45) is 0 Å². The molecule has 0 aliphatic carbocycles. The summed E-state index contributed by atoms with van der Waals surface area (Å²) in [5, 5.41) is 2.75. The van der Waals surface area contributed by atoms with E-state index in [-0.39, 0.29) is 36.2 Å². The second kappa shape index (κ2) is 8.98. The van der Waals surface area contributed by atoms with Crippen LogP contribution in [-0.2, 0) is 23.8 Å². The summed E-state index contributed by atoms with van der Waals surface area (Å²) in [5.74, 6) is -1.76. The van der Waals surface area contributed by atoms with Gasteiger partial charge in [0.1, 0.15) is 18.1 Å². The van der Waals surface area contributed by atoms with Gasteiger partial charge in [0.25, 0.3) is 5.91 Å². The predicted molar refractivity (Wildman–Crippen MR) is 103 cm³/mol. The predicted octanol–water partition coefficient (Wildman–Crippen LogP) is 1.73. The van der Waals surface area contributed by atoms with Crippen molar-refractivity contribution in [1.82, 2.24) is 4.98 Å². The molecule has 9 nitrogen and oxygen atoms in total. The highest BCUT2D eigenvalue weighted by Gasteiger charge is 2.32. The minimum Gasteiger partial charge on any atom is -0.466 e. The summed E-state index contributed by atoms with van der Waals surface area (Å²) in [6, 6.07) is 11.8. The fourth-order valence-electron chi connectivity index (χ4n) is 2.79. The summed E-state index contributed by atoms with van der Waals surface area (Å²) in [4.78, 5) is 42.3. The van der Waals surface area contributed by atoms with Crippen LogP contribution in [0.25, 0.3) is 0 Å². The highest BCUT2D eigenvalue weighted by Crippen LogP contribution is 2.28. The van der Waals surface area contributed by atoms with Gasteiger partial charge in [0, 0.05) is 17.6 Å². The van der Waals surface area contributed by atoms with E-state index in [1.807, 2.05) is 0 Å². The van der Waals surface area contributed by atoms with Crippen LogP contribution in [0.4, 0.5) is 11.4 Å². The third-order valence-electron chi connectivity index (χ3n) is 4.15. The number of benzene rings is 1. The Bertz CT molecular complexity index is 958. The number of hydrogen-bond acceptors (Lipinski definition) is 8. The normalized spacial score (nSPS) is 13.7. The van der Waals surface area contributed by atoms with E-state index in [0.29, 0.717) is 11.4 Å². The molecule has 9 heteroatoms. The van der Waals surface area contributed by atoms with Crippen LogP contribution >= 0.6 is 0 Å². The van der Waals surface area contributed by atoms with E-state index in [2.05, 4.69) is 10.3 Å². The zero-order chi connectivity index (χ0) is 20.8. The first kappa shape index (κ1) is 20.0. The molecule has 1 aromatic heterocycles. The molecule has 2 aromatic rings. The second-order valence-electron chi connectivity index (χ2n) is 5.94. The first-order chi connectivity index (χ1) is 14.0. The number of aromatic nitrogens is 1. The molecule has 3 rings (SSSR count). The molecule has 0 saturated carbocycles. The minimum atomic E-state index is -0.698. The van der Waals surface area contributed by atoms with Crippen molar-refractivity contribution < 1.29 is 28.6 Å². The van der Waals surface area contributed by atoms with Gasteiger partial charge >= 0.3 is 11.9 Å². The molecule has 0 bridgehead atoms. The van der Waals surface area contributed by atoms with Gasteiger partial charge in [0.2, 0.25) is 0 Å². The summed E-state index contributed by atoms with van der Waals surface area (Å²) in [6.07, 6.45) is 1.53. The Hall–Kier alpha value is -3.72. The van der Waals surface area contributed by atoms with E-state index in [4.69, 9.17) is 14.2 Å². The van der Waals surface area contributed by atoms with Crippen LogP contribution in [0, 0.1) is 0 Å². The number of methoxy groups -OCH3 is 2. The van der Waals surface area contributed by atoms with Crippen molar-refractivity contribution in [2.45, 2.75) is 0 Å². The van der Waals surface area contributed by atoms with E-state index in [9.17, 15) is 14.4 Å². The summed E-state index contributed by atoms with van der Waals surface area (Å²) >= 11 is 0. The molecule has 0 unspecified atom stereocenters. The number of esters is 2. The molecule has 1 aliphatic rings. The molecule has 0 radical (unpaired) electrons. The van der Waals surface area contributed by atoms with Gasteiger partial charge < -0.3 is 24.4 Å². The lowest BCUT2D eigenvalue weighted by atomic mass is 10.1. The first-order valence-corrected chi connectivity index (χ1v) is 8.62. The zero-order valence-electron chi connectivity index (χ0n) is 15.9. The smallest absolute Gasteiger partial charge is 0.355 e. The van der Waals surface area contributed by atoms with Crippen LogP contribution in [0.1, 0.15) is 10.5 Å². The fourth-order valence-corrected chi connectivity index (χ4v) is 2.79. The van der Waals surface area contributed by atoms with Gasteiger partial charge in [-0.3, -0.25) is 9.78 Å². The molecule has 0 fully saturated rings. The quantitative estimate of drug-likeness (QED) is 0.760. The van der Waals surface area contributed by atoms with E-state index < -0.39 is 11.9 Å². The van der Waals surface area contributed by atoms with Crippen LogP contribution in [0.3, 0.4) is 0 Å². The number of ether oxygens (including phenoxy) is 3. The second-order valence-corrected chi connectivity index (χ2v) is 5.94. The summed E-state index contributed by atoms with van der Waals surface area (Å²) in [6.45, 7) is -0.0632. The number of amides is 1. The SMILES string of the molecule is COC(=O)C1=C(C(=O)OC)N(c2cccc(NC(=O)c3ccccn3)c2)COC1. The summed E-state index contributed by atoms with van der Waals surface area (Å²) in [7, 11) is 2.44. The fraction of sp³-hybridized carbons (Fsp3) is 0.200. The van der Waals surface area contributed by atoms with Crippen LogP contribution in [0.15, 0.2) is 59.9 Å². The molecule has 0 atom stereocenters. The van der Waals surface area contributed by atoms with Crippen molar-refractivity contribution in [2.75, 3.05) is 37.8 Å². The Morgan fingerprint density at radius 1 is 1.07 bits per heavy atom. The lowest BCUT2D eigenvalue weighted by molar-refractivity contribution is -0.140. The lowest BCUT2D eigenvalue weighted by Crippen LogP contribution is -2.38. The maximum absolute atomic E-state index is 12.4. The number of nitrogens with one attached hydrogen (secondary N) is 1. The van der Waals surface area contributed by atoms with Crippen LogP contribution in [0.2, 0.25) is 0 Å². The van der Waals surface area contributed by atoms with Gasteiger partial charge in [-0.25, -0.2) is 9.59 Å². The molecular weight excluding hydrogens is 378 g/mol. The number of carbonyl (C=O) groups is 3. The molecule has 29 heavy (non-hydrogen) atoms. The molecule has 1 N–H and O–H groups in total. The Morgan fingerprint density at radius 2 is 1.86 bits per heavy atom. The van der Waals surface area contributed by atoms with Crippen molar-refractivity contribution in [3.63, 3.8) is 0 Å². The maximum atomic E-state index is 12.4. The minimum absolute atomic E-state index is 0.0164. The van der Waals surface area contributed by atoms with Crippen LogP contribution in [0.5, 0.6) is 0 Å². The lowest BCUT2D eigenvalue weighted by Gasteiger charge is -2.31. The van der Waals surface area contributed by atoms with E-state index in [0.717, 1.165) is 0 Å². The maximum Gasteiger partial charge on any atom is 0.355 e. The average molecular weight is 397 g/mol. The molecule has 150 valence electrons. The van der Waals surface area contributed by atoms with E-state index in [1.165, 1.54) is 25.3 Å². The molecule has 1 aromatic carbocycles. The van der Waals surface area contributed by atoms with Crippen LogP contribution < -0.4 is 10.2 Å². The monoisotopic (exact) mass is 397 g/mol. The number of nitrogens with zero attached hydrogens (tertiary/aromatic N) is 2. The van der Waals surface area contributed by atoms with E-state index in [1.54, 1.807) is 42.5 Å². The molecule has 0 spiro atoms. The van der Waals surface area contributed by atoms with Gasteiger partial charge in [-0.2, -0.15) is 0 Å². The standard InChI is InChI=1S/C20H19N3O6/c1-27-19(25)15-11-29-12-23(17(15)20(26)28-2)14-7-5-6-13(10-14)22-18(24)16-8-3-4-9-21-16/h3-10H,11-12H2,1-2H3,(H,22,24). The van der Waals surface area contributed by atoms with Gasteiger partial charge in [-0.1, -0.05) is 12.1 Å². The Balaban J connectivity index is 1.93. The Morgan fingerprint density at radius 3 is 2.55 bits per heavy atom. The highest BCUT2D eigenvalue weighted by atomic mass is 16.5. The van der Waals surface area contributed by atoms with Crippen molar-refractivity contribution in [1.29, 1.82) is 0 Å². The number of rotatable bonds is 5. The number of anilines is 2. The number of carbonyl (C=O) groups excluding carboxylic acids is 3. The van der Waals surface area contributed by atoms with Crippen molar-refractivity contribution >= 4 is 29.2 Å².